The Morgan fingerprint density at radius 2 is 1.14 bits per heavy atom. The number of aromatic carboxylic acids is 2. The van der Waals surface area contributed by atoms with Crippen LogP contribution in [0.2, 0.25) is 0 Å². The van der Waals surface area contributed by atoms with Gasteiger partial charge in [0.2, 0.25) is 0 Å². The lowest BCUT2D eigenvalue weighted by Crippen LogP contribution is -2.31. The number of anilines is 1. The summed E-state index contributed by atoms with van der Waals surface area (Å²) in [6.07, 6.45) is 20.8. The van der Waals surface area contributed by atoms with E-state index in [-0.39, 0.29) is 40.6 Å². The number of carbonyl (C=O) groups excluding carboxylic acids is 2. The van der Waals surface area contributed by atoms with E-state index in [0.29, 0.717) is 27.8 Å². The van der Waals surface area contributed by atoms with Gasteiger partial charge in [0.15, 0.2) is 0 Å². The number of nitrogens with one attached hydrogen (secondary N) is 1. The molecule has 0 radical (unpaired) electrons. The Bertz CT molecular complexity index is 1900. The molecule has 0 heterocycles. The van der Waals surface area contributed by atoms with Gasteiger partial charge in [0.05, 0.1) is 16.7 Å². The summed E-state index contributed by atoms with van der Waals surface area (Å²) in [5.74, 6) is -3.69. The van der Waals surface area contributed by atoms with Crippen molar-refractivity contribution in [2.75, 3.05) is 18.0 Å². The average molecular weight is 783 g/mol. The number of hydrogen-bond donors (Lipinski definition) is 4. The number of carbonyl (C=O) groups is 4. The fourth-order valence-electron chi connectivity index (χ4n) is 6.98. The normalized spacial score (nSPS) is 11.1. The summed E-state index contributed by atoms with van der Waals surface area (Å²) in [7, 11) is 0. The molecule has 2 amide bonds. The minimum absolute atomic E-state index is 0.0293. The summed E-state index contributed by atoms with van der Waals surface area (Å²) in [6, 6.07) is 19.5. The number of phenols is 1. The minimum Gasteiger partial charge on any atom is -0.506 e. The zero-order valence-electron chi connectivity index (χ0n) is 33.0. The third-order valence-corrected chi connectivity index (χ3v) is 11.2. The molecule has 0 aromatic heterocycles. The van der Waals surface area contributed by atoms with Gasteiger partial charge < -0.3 is 25.5 Å². The number of carboxylic acids is 2. The standard InChI is InChI=1S/C46H58N2O7S/c1-3-5-6-7-8-9-10-11-12-13-14-15-16-17-18-21-27-47-43(50)33-23-22-24-37(31-33)56-41-32-40(42(49)39-26-20-19-25-38(39)41)44(51)48(4-2)36-29-34(45(52)53)28-35(30-36)46(54)55/h19-20,22-26,28-32,49H,3-18,21,27H2,1-2H3,(H,47,50)(H,52,53)(H,54,55). The quantitative estimate of drug-likeness (QED) is 0.0486. The summed E-state index contributed by atoms with van der Waals surface area (Å²) in [5, 5.41) is 34.7. The third kappa shape index (κ3) is 13.1. The molecule has 0 aliphatic carbocycles. The maximum atomic E-state index is 14.1. The van der Waals surface area contributed by atoms with Gasteiger partial charge in [-0.3, -0.25) is 9.59 Å². The lowest BCUT2D eigenvalue weighted by atomic mass is 10.0. The molecule has 300 valence electrons. The van der Waals surface area contributed by atoms with E-state index >= 15 is 0 Å². The van der Waals surface area contributed by atoms with Gasteiger partial charge in [0.25, 0.3) is 11.8 Å². The van der Waals surface area contributed by atoms with Gasteiger partial charge >= 0.3 is 11.9 Å². The maximum absolute atomic E-state index is 14.1. The SMILES string of the molecule is CCCCCCCCCCCCCCCCCCNC(=O)c1cccc(Sc2cc(C(=O)N(CC)c3cc(C(=O)O)cc(C(=O)O)c3)c(O)c3ccccc23)c1. The second-order valence-electron chi connectivity index (χ2n) is 14.4. The van der Waals surface area contributed by atoms with E-state index < -0.39 is 17.8 Å². The van der Waals surface area contributed by atoms with Crippen LogP contribution in [-0.2, 0) is 0 Å². The van der Waals surface area contributed by atoms with Crippen molar-refractivity contribution >= 4 is 52.0 Å². The van der Waals surface area contributed by atoms with Crippen LogP contribution in [-0.4, -0.2) is 52.2 Å². The smallest absolute Gasteiger partial charge is 0.335 e. The molecule has 9 nitrogen and oxygen atoms in total. The van der Waals surface area contributed by atoms with E-state index in [1.807, 2.05) is 24.3 Å². The van der Waals surface area contributed by atoms with E-state index in [0.717, 1.165) is 23.8 Å². The van der Waals surface area contributed by atoms with Gasteiger partial charge in [0.1, 0.15) is 5.75 Å². The molecule has 4 aromatic rings. The molecule has 10 heteroatoms. The van der Waals surface area contributed by atoms with Gasteiger partial charge in [-0.15, -0.1) is 0 Å². The summed E-state index contributed by atoms with van der Waals surface area (Å²) in [5.41, 5.74) is 0.0157. The molecule has 0 saturated heterocycles. The van der Waals surface area contributed by atoms with Crippen LogP contribution in [0.5, 0.6) is 5.75 Å². The number of aromatic hydroxyl groups is 1. The molecule has 4 rings (SSSR count). The van der Waals surface area contributed by atoms with E-state index in [2.05, 4.69) is 12.2 Å². The van der Waals surface area contributed by atoms with Crippen molar-refractivity contribution in [3.8, 4) is 5.75 Å². The number of fused-ring (bicyclic) bond motifs is 1. The lowest BCUT2D eigenvalue weighted by molar-refractivity contribution is 0.0696. The monoisotopic (exact) mass is 782 g/mol. The molecule has 0 spiro atoms. The van der Waals surface area contributed by atoms with E-state index in [9.17, 15) is 34.5 Å². The Labute approximate surface area is 335 Å². The van der Waals surface area contributed by atoms with Gasteiger partial charge in [-0.1, -0.05) is 145 Å². The van der Waals surface area contributed by atoms with Crippen molar-refractivity contribution in [3.63, 3.8) is 0 Å². The number of amides is 2. The summed E-state index contributed by atoms with van der Waals surface area (Å²) >= 11 is 1.35. The van der Waals surface area contributed by atoms with Crippen LogP contribution < -0.4 is 10.2 Å². The number of carboxylic acid groups (broad SMARTS) is 2. The summed E-state index contributed by atoms with van der Waals surface area (Å²) in [4.78, 5) is 53.4. The molecule has 0 bridgehead atoms. The van der Waals surface area contributed by atoms with Crippen LogP contribution in [0.25, 0.3) is 10.8 Å². The third-order valence-electron chi connectivity index (χ3n) is 10.1. The van der Waals surface area contributed by atoms with Crippen molar-refractivity contribution in [2.24, 2.45) is 0 Å². The molecule has 0 unspecified atom stereocenters. The predicted octanol–water partition coefficient (Wildman–Crippen LogP) is 11.8. The van der Waals surface area contributed by atoms with Gasteiger partial charge in [0, 0.05) is 39.5 Å². The highest BCUT2D eigenvalue weighted by Gasteiger charge is 2.25. The molecule has 0 aliphatic rings. The highest BCUT2D eigenvalue weighted by atomic mass is 32.2. The second kappa shape index (κ2) is 23.3. The van der Waals surface area contributed by atoms with Crippen LogP contribution in [0.1, 0.15) is 158 Å². The largest absolute Gasteiger partial charge is 0.506 e. The molecule has 4 aromatic carbocycles. The molecule has 0 fully saturated rings. The predicted molar refractivity (Wildman–Crippen MR) is 226 cm³/mol. The zero-order chi connectivity index (χ0) is 40.3. The Morgan fingerprint density at radius 1 is 0.607 bits per heavy atom. The highest BCUT2D eigenvalue weighted by Crippen LogP contribution is 2.40. The van der Waals surface area contributed by atoms with E-state index in [1.54, 1.807) is 37.3 Å². The Morgan fingerprint density at radius 3 is 1.68 bits per heavy atom. The first-order valence-corrected chi connectivity index (χ1v) is 21.2. The Kier molecular flexibility index (Phi) is 18.3. The molecule has 0 aliphatic heterocycles. The van der Waals surface area contributed by atoms with Crippen LogP contribution in [0, 0.1) is 0 Å². The van der Waals surface area contributed by atoms with Crippen molar-refractivity contribution < 1.29 is 34.5 Å². The Balaban J connectivity index is 1.31. The van der Waals surface area contributed by atoms with Gasteiger partial charge in [-0.05, 0) is 61.2 Å². The van der Waals surface area contributed by atoms with Crippen molar-refractivity contribution in [3.05, 3.63) is 95.1 Å². The average Bonchev–Trinajstić information content (AvgIpc) is 3.20. The van der Waals surface area contributed by atoms with E-state index in [1.165, 1.54) is 119 Å². The van der Waals surface area contributed by atoms with Crippen LogP contribution in [0.15, 0.2) is 82.6 Å². The molecular formula is C46H58N2O7S. The topological polar surface area (TPSA) is 144 Å². The number of unbranched alkanes of at least 4 members (excludes halogenated alkanes) is 15. The zero-order valence-corrected chi connectivity index (χ0v) is 33.8. The minimum atomic E-state index is -1.33. The molecular weight excluding hydrogens is 725 g/mol. The molecule has 56 heavy (non-hydrogen) atoms. The van der Waals surface area contributed by atoms with Crippen molar-refractivity contribution in [2.45, 2.75) is 126 Å². The van der Waals surface area contributed by atoms with Gasteiger partial charge in [-0.25, -0.2) is 9.59 Å². The lowest BCUT2D eigenvalue weighted by Gasteiger charge is -2.23. The number of hydrogen-bond acceptors (Lipinski definition) is 6. The number of nitrogens with zero attached hydrogens (tertiary/aromatic N) is 1. The molecule has 0 saturated carbocycles. The van der Waals surface area contributed by atoms with Crippen LogP contribution >= 0.6 is 11.8 Å². The number of benzene rings is 4. The van der Waals surface area contributed by atoms with Crippen molar-refractivity contribution in [1.82, 2.24) is 5.32 Å². The molecule has 0 atom stereocenters. The first-order chi connectivity index (χ1) is 27.1. The summed E-state index contributed by atoms with van der Waals surface area (Å²) < 4.78 is 0. The van der Waals surface area contributed by atoms with Gasteiger partial charge in [-0.2, -0.15) is 0 Å². The highest BCUT2D eigenvalue weighted by molar-refractivity contribution is 7.99. The van der Waals surface area contributed by atoms with Crippen molar-refractivity contribution in [1.29, 1.82) is 0 Å². The Hall–Kier alpha value is -4.83. The number of rotatable bonds is 25. The first kappa shape index (κ1) is 43.9. The summed E-state index contributed by atoms with van der Waals surface area (Å²) in [6.45, 7) is 4.63. The van der Waals surface area contributed by atoms with E-state index in [4.69, 9.17) is 0 Å². The fourth-order valence-corrected chi connectivity index (χ4v) is 8.03. The first-order valence-electron chi connectivity index (χ1n) is 20.4. The maximum Gasteiger partial charge on any atom is 0.335 e. The molecule has 4 N–H and O–H groups in total. The van der Waals surface area contributed by atoms with Crippen LogP contribution in [0.4, 0.5) is 5.69 Å². The number of phenolic OH excluding ortho intramolecular Hbond substituents is 1. The second-order valence-corrected chi connectivity index (χ2v) is 15.5. The fraction of sp³-hybridized carbons (Fsp3) is 0.435. The van der Waals surface area contributed by atoms with Crippen LogP contribution in [0.3, 0.4) is 0 Å².